The van der Waals surface area contributed by atoms with E-state index in [0.717, 1.165) is 39.9 Å². The van der Waals surface area contributed by atoms with E-state index in [-0.39, 0.29) is 5.82 Å². The fourth-order valence-corrected chi connectivity index (χ4v) is 3.47. The lowest BCUT2D eigenvalue weighted by molar-refractivity contribution is 0.301. The summed E-state index contributed by atoms with van der Waals surface area (Å²) in [5.41, 5.74) is 3.98. The topological polar surface area (TPSA) is 74.3 Å². The Bertz CT molecular complexity index is 1190. The molecule has 0 aliphatic rings. The molecule has 3 N–H and O–H groups in total. The van der Waals surface area contributed by atoms with Crippen LogP contribution in [0.4, 0.5) is 4.39 Å². The molecule has 0 aliphatic heterocycles. The smallest absolute Gasteiger partial charge is 0.191 e. The predicted octanol–water partition coefficient (Wildman–Crippen LogP) is 4.19. The summed E-state index contributed by atoms with van der Waals surface area (Å²) in [5.74, 6) is 1.27. The molecule has 0 saturated heterocycles. The monoisotopic (exact) mass is 431 g/mol. The van der Waals surface area contributed by atoms with Crippen molar-refractivity contribution < 1.29 is 9.13 Å². The van der Waals surface area contributed by atoms with Gasteiger partial charge in [-0.15, -0.1) is 0 Å². The highest BCUT2D eigenvalue weighted by molar-refractivity contribution is 5.83. The van der Waals surface area contributed by atoms with Crippen molar-refractivity contribution in [1.82, 2.24) is 20.6 Å². The summed E-state index contributed by atoms with van der Waals surface area (Å²) in [6.07, 6.45) is 4.44. The number of ether oxygens (including phenoxy) is 1. The number of pyridine rings is 1. The summed E-state index contributed by atoms with van der Waals surface area (Å²) in [6.45, 7) is 1.72. The Morgan fingerprint density at radius 1 is 1.09 bits per heavy atom. The van der Waals surface area contributed by atoms with Gasteiger partial charge in [0.2, 0.25) is 0 Å². The third-order valence-corrected chi connectivity index (χ3v) is 5.11. The maximum absolute atomic E-state index is 13.6. The van der Waals surface area contributed by atoms with E-state index in [1.54, 1.807) is 25.4 Å². The third kappa shape index (κ3) is 5.63. The largest absolute Gasteiger partial charge is 0.487 e. The maximum Gasteiger partial charge on any atom is 0.191 e. The number of rotatable bonds is 8. The predicted molar refractivity (Wildman–Crippen MR) is 125 cm³/mol. The number of guanidine groups is 1. The van der Waals surface area contributed by atoms with Gasteiger partial charge in [-0.25, -0.2) is 4.39 Å². The van der Waals surface area contributed by atoms with Crippen LogP contribution in [-0.4, -0.2) is 29.5 Å². The van der Waals surface area contributed by atoms with E-state index in [0.29, 0.717) is 25.7 Å². The molecule has 0 saturated carbocycles. The summed E-state index contributed by atoms with van der Waals surface area (Å²) in [4.78, 5) is 11.7. The number of fused-ring (bicyclic) bond motifs is 1. The quantitative estimate of drug-likeness (QED) is 0.289. The summed E-state index contributed by atoms with van der Waals surface area (Å²) in [5, 5.41) is 7.54. The fourth-order valence-electron chi connectivity index (χ4n) is 3.47. The van der Waals surface area contributed by atoms with Crippen LogP contribution in [0, 0.1) is 5.82 Å². The SMILES string of the molecule is CN=C(NCCc1c[nH]c2ccc(F)cc12)NCc1cccc(OCc2ccccn2)c1. The summed E-state index contributed by atoms with van der Waals surface area (Å²) < 4.78 is 19.4. The lowest BCUT2D eigenvalue weighted by Crippen LogP contribution is -2.37. The zero-order valence-electron chi connectivity index (χ0n) is 17.9. The highest BCUT2D eigenvalue weighted by atomic mass is 19.1. The number of nitrogens with one attached hydrogen (secondary N) is 3. The minimum Gasteiger partial charge on any atom is -0.487 e. The first-order valence-corrected chi connectivity index (χ1v) is 10.5. The Morgan fingerprint density at radius 2 is 2.03 bits per heavy atom. The first-order chi connectivity index (χ1) is 15.7. The molecule has 4 aromatic rings. The minimum absolute atomic E-state index is 0.227. The minimum atomic E-state index is -0.227. The first kappa shape index (κ1) is 21.4. The Hall–Kier alpha value is -3.87. The number of H-pyrrole nitrogens is 1. The standard InChI is InChI=1S/C25H26FN5O/c1-27-25(29-12-10-19-16-30-24-9-8-20(26)14-23(19)24)31-15-18-5-4-7-22(13-18)32-17-21-6-2-3-11-28-21/h2-9,11,13-14,16,30H,10,12,15,17H2,1H3,(H2,27,29,31). The molecule has 0 aliphatic carbocycles. The van der Waals surface area contributed by atoms with Gasteiger partial charge in [0, 0.05) is 43.4 Å². The van der Waals surface area contributed by atoms with E-state index in [2.05, 4.69) is 25.6 Å². The molecule has 0 fully saturated rings. The van der Waals surface area contributed by atoms with Gasteiger partial charge in [-0.05, 0) is 60.0 Å². The molecule has 2 aromatic carbocycles. The van der Waals surface area contributed by atoms with Gasteiger partial charge >= 0.3 is 0 Å². The van der Waals surface area contributed by atoms with Gasteiger partial charge in [-0.3, -0.25) is 9.98 Å². The van der Waals surface area contributed by atoms with E-state index >= 15 is 0 Å². The average molecular weight is 432 g/mol. The van der Waals surface area contributed by atoms with Crippen LogP contribution in [0.3, 0.4) is 0 Å². The zero-order valence-corrected chi connectivity index (χ0v) is 17.9. The number of nitrogens with zero attached hydrogens (tertiary/aromatic N) is 2. The van der Waals surface area contributed by atoms with Gasteiger partial charge in [-0.2, -0.15) is 0 Å². The number of aromatic amines is 1. The number of aliphatic imine (C=N–C) groups is 1. The van der Waals surface area contributed by atoms with E-state index in [9.17, 15) is 4.39 Å². The molecule has 2 heterocycles. The van der Waals surface area contributed by atoms with Crippen LogP contribution in [0.25, 0.3) is 10.9 Å². The van der Waals surface area contributed by atoms with E-state index in [1.807, 2.05) is 48.7 Å². The Kier molecular flexibility index (Phi) is 6.97. The molecule has 0 unspecified atom stereocenters. The fraction of sp³-hybridized carbons (Fsp3) is 0.200. The second-order valence-corrected chi connectivity index (χ2v) is 7.36. The maximum atomic E-state index is 13.6. The van der Waals surface area contributed by atoms with Crippen LogP contribution in [0.15, 0.2) is 78.0 Å². The van der Waals surface area contributed by atoms with Crippen molar-refractivity contribution in [2.45, 2.75) is 19.6 Å². The van der Waals surface area contributed by atoms with Gasteiger partial charge in [0.05, 0.1) is 5.69 Å². The lowest BCUT2D eigenvalue weighted by Gasteiger charge is -2.13. The number of benzene rings is 2. The average Bonchev–Trinajstić information content (AvgIpc) is 3.23. The van der Waals surface area contributed by atoms with Gasteiger partial charge in [0.15, 0.2) is 5.96 Å². The Morgan fingerprint density at radius 3 is 2.88 bits per heavy atom. The molecule has 0 bridgehead atoms. The Labute approximate surface area is 186 Å². The molecule has 6 nitrogen and oxygen atoms in total. The van der Waals surface area contributed by atoms with E-state index in [4.69, 9.17) is 4.74 Å². The number of aromatic nitrogens is 2. The lowest BCUT2D eigenvalue weighted by atomic mass is 10.1. The van der Waals surface area contributed by atoms with Crippen LogP contribution in [0.2, 0.25) is 0 Å². The molecule has 4 rings (SSSR count). The van der Waals surface area contributed by atoms with Crippen molar-refractivity contribution in [3.05, 3.63) is 95.7 Å². The van der Waals surface area contributed by atoms with Gasteiger partial charge < -0.3 is 20.4 Å². The van der Waals surface area contributed by atoms with E-state index in [1.165, 1.54) is 6.07 Å². The summed E-state index contributed by atoms with van der Waals surface area (Å²) in [7, 11) is 1.74. The van der Waals surface area contributed by atoms with Crippen molar-refractivity contribution in [3.8, 4) is 5.75 Å². The van der Waals surface area contributed by atoms with Gasteiger partial charge in [0.25, 0.3) is 0 Å². The molecule has 0 spiro atoms. The molecule has 164 valence electrons. The summed E-state index contributed by atoms with van der Waals surface area (Å²) in [6, 6.07) is 18.5. The van der Waals surface area contributed by atoms with Gasteiger partial charge in [-0.1, -0.05) is 18.2 Å². The van der Waals surface area contributed by atoms with Crippen LogP contribution in [0.1, 0.15) is 16.8 Å². The van der Waals surface area contributed by atoms with Crippen molar-refractivity contribution in [1.29, 1.82) is 0 Å². The van der Waals surface area contributed by atoms with Crippen molar-refractivity contribution in [2.24, 2.45) is 4.99 Å². The first-order valence-electron chi connectivity index (χ1n) is 10.5. The van der Waals surface area contributed by atoms with Crippen molar-refractivity contribution >= 4 is 16.9 Å². The molecule has 0 atom stereocenters. The van der Waals surface area contributed by atoms with Gasteiger partial charge in [0.1, 0.15) is 18.2 Å². The number of hydrogen-bond acceptors (Lipinski definition) is 3. The Balaban J connectivity index is 1.26. The highest BCUT2D eigenvalue weighted by Gasteiger charge is 2.06. The third-order valence-electron chi connectivity index (χ3n) is 5.11. The van der Waals surface area contributed by atoms with Crippen molar-refractivity contribution in [2.75, 3.05) is 13.6 Å². The zero-order chi connectivity index (χ0) is 22.2. The normalized spacial score (nSPS) is 11.5. The van der Waals surface area contributed by atoms with Crippen molar-refractivity contribution in [3.63, 3.8) is 0 Å². The molecule has 0 radical (unpaired) electrons. The highest BCUT2D eigenvalue weighted by Crippen LogP contribution is 2.19. The van der Waals surface area contributed by atoms with Crippen LogP contribution in [-0.2, 0) is 19.6 Å². The second kappa shape index (κ2) is 10.4. The molecular formula is C25H26FN5O. The van der Waals surface area contributed by atoms with E-state index < -0.39 is 0 Å². The molecule has 0 amide bonds. The molecular weight excluding hydrogens is 405 g/mol. The molecule has 7 heteroatoms. The summed E-state index contributed by atoms with van der Waals surface area (Å²) >= 11 is 0. The van der Waals surface area contributed by atoms with Crippen LogP contribution >= 0.6 is 0 Å². The second-order valence-electron chi connectivity index (χ2n) is 7.36. The van der Waals surface area contributed by atoms with Crippen LogP contribution in [0.5, 0.6) is 5.75 Å². The molecule has 32 heavy (non-hydrogen) atoms. The number of halogens is 1. The molecule has 2 aromatic heterocycles. The number of hydrogen-bond donors (Lipinski definition) is 3. The van der Waals surface area contributed by atoms with Crippen LogP contribution < -0.4 is 15.4 Å².